The number of anilines is 2. The number of carbonyl (C=O) groups is 2. The van der Waals surface area contributed by atoms with Gasteiger partial charge in [-0.1, -0.05) is 48.5 Å². The molecule has 0 bridgehead atoms. The lowest BCUT2D eigenvalue weighted by Gasteiger charge is -2.28. The molecule has 0 spiro atoms. The molecule has 0 radical (unpaired) electrons. The summed E-state index contributed by atoms with van der Waals surface area (Å²) in [5, 5.41) is 12.6. The molecule has 8 heteroatoms. The first-order chi connectivity index (χ1) is 15.1. The van der Waals surface area contributed by atoms with Crippen LogP contribution in [0.4, 0.5) is 17.1 Å². The molecule has 2 aliphatic rings. The fourth-order valence-electron chi connectivity index (χ4n) is 4.18. The summed E-state index contributed by atoms with van der Waals surface area (Å²) in [6.45, 7) is 0. The zero-order chi connectivity index (χ0) is 21.5. The molecule has 0 N–H and O–H groups in total. The second-order valence-corrected chi connectivity index (χ2v) is 7.35. The van der Waals surface area contributed by atoms with Crippen molar-refractivity contribution in [1.82, 2.24) is 0 Å². The number of nitrogens with zero attached hydrogens (tertiary/aromatic N) is 3. The Labute approximate surface area is 177 Å². The Morgan fingerprint density at radius 1 is 0.774 bits per heavy atom. The number of imide groups is 1. The molecule has 5 rings (SSSR count). The van der Waals surface area contributed by atoms with Crippen molar-refractivity contribution in [3.8, 4) is 0 Å². The van der Waals surface area contributed by atoms with Crippen molar-refractivity contribution in [2.75, 3.05) is 9.96 Å². The van der Waals surface area contributed by atoms with Crippen LogP contribution in [0.1, 0.15) is 11.6 Å². The van der Waals surface area contributed by atoms with E-state index in [0.717, 1.165) is 16.2 Å². The van der Waals surface area contributed by atoms with Gasteiger partial charge in [-0.3, -0.25) is 24.5 Å². The van der Waals surface area contributed by atoms with E-state index in [-0.39, 0.29) is 11.4 Å². The number of hydroxylamine groups is 1. The molecule has 3 aromatic rings. The highest BCUT2D eigenvalue weighted by Crippen LogP contribution is 2.47. The average molecular weight is 415 g/mol. The summed E-state index contributed by atoms with van der Waals surface area (Å²) in [5.74, 6) is -1.62. The van der Waals surface area contributed by atoms with E-state index in [1.807, 2.05) is 60.7 Å². The molecule has 2 amide bonds. The van der Waals surface area contributed by atoms with E-state index >= 15 is 0 Å². The summed E-state index contributed by atoms with van der Waals surface area (Å²) in [6.07, 6.45) is -0.979. The van der Waals surface area contributed by atoms with Gasteiger partial charge in [-0.25, -0.2) is 9.96 Å². The van der Waals surface area contributed by atoms with Crippen LogP contribution in [0.25, 0.3) is 0 Å². The molecule has 0 aliphatic carbocycles. The fourth-order valence-corrected chi connectivity index (χ4v) is 4.18. The summed E-state index contributed by atoms with van der Waals surface area (Å²) >= 11 is 0. The van der Waals surface area contributed by atoms with Gasteiger partial charge in [-0.2, -0.15) is 0 Å². The maximum absolute atomic E-state index is 13.4. The minimum atomic E-state index is -0.979. The lowest BCUT2D eigenvalue weighted by Crippen LogP contribution is -2.37. The fraction of sp³-hybridized carbons (Fsp3) is 0.130. The van der Waals surface area contributed by atoms with E-state index < -0.39 is 34.8 Å². The number of para-hydroxylation sites is 1. The third-order valence-electron chi connectivity index (χ3n) is 5.59. The van der Waals surface area contributed by atoms with Gasteiger partial charge in [0.05, 0.1) is 22.3 Å². The number of amides is 2. The van der Waals surface area contributed by atoms with Gasteiger partial charge in [0.25, 0.3) is 11.6 Å². The summed E-state index contributed by atoms with van der Waals surface area (Å²) in [6, 6.07) is 23.6. The van der Waals surface area contributed by atoms with Crippen LogP contribution in [0.2, 0.25) is 0 Å². The van der Waals surface area contributed by atoms with Crippen LogP contribution in [0.3, 0.4) is 0 Å². The first-order valence-corrected chi connectivity index (χ1v) is 9.74. The largest absolute Gasteiger partial charge is 0.273 e. The smallest absolute Gasteiger partial charge is 0.269 e. The van der Waals surface area contributed by atoms with Gasteiger partial charge in [0.15, 0.2) is 6.10 Å². The lowest BCUT2D eigenvalue weighted by atomic mass is 9.90. The van der Waals surface area contributed by atoms with Crippen LogP contribution >= 0.6 is 0 Å². The summed E-state index contributed by atoms with van der Waals surface area (Å²) in [5.41, 5.74) is 1.77. The maximum atomic E-state index is 13.4. The second kappa shape index (κ2) is 7.33. The number of benzene rings is 3. The van der Waals surface area contributed by atoms with E-state index in [0.29, 0.717) is 0 Å². The maximum Gasteiger partial charge on any atom is 0.269 e. The first-order valence-electron chi connectivity index (χ1n) is 9.74. The molecule has 3 atom stereocenters. The first kappa shape index (κ1) is 19.0. The van der Waals surface area contributed by atoms with Gasteiger partial charge >= 0.3 is 0 Å². The van der Waals surface area contributed by atoms with Crippen LogP contribution in [0.15, 0.2) is 84.9 Å². The van der Waals surface area contributed by atoms with Gasteiger partial charge in [0.1, 0.15) is 5.92 Å². The van der Waals surface area contributed by atoms with E-state index in [4.69, 9.17) is 4.84 Å². The highest BCUT2D eigenvalue weighted by molar-refractivity contribution is 6.23. The van der Waals surface area contributed by atoms with E-state index in [9.17, 15) is 19.7 Å². The standard InChI is InChI=1S/C23H17N3O5/c27-22-19-20(15-7-3-1-4-8-15)25(17-9-5-2-6-10-17)31-21(19)23(28)24(22)16-11-13-18(14-12-16)26(29)30/h1-14,19-21H/t19-,20-,21-/m0/s1. The summed E-state index contributed by atoms with van der Waals surface area (Å²) in [7, 11) is 0. The summed E-state index contributed by atoms with van der Waals surface area (Å²) < 4.78 is 0. The van der Waals surface area contributed by atoms with Crippen LogP contribution < -0.4 is 9.96 Å². The number of hydrogen-bond donors (Lipinski definition) is 0. The Hall–Kier alpha value is -4.04. The molecule has 2 fully saturated rings. The number of hydrogen-bond acceptors (Lipinski definition) is 6. The van der Waals surface area contributed by atoms with Crippen molar-refractivity contribution >= 4 is 28.9 Å². The SMILES string of the molecule is O=C1[C@@H]2[C@H](ON(c3ccccc3)[C@H]2c2ccccc2)C(=O)N1c1ccc([N+](=O)[O-])cc1. The number of rotatable bonds is 4. The number of nitro benzene ring substituents is 1. The average Bonchev–Trinajstić information content (AvgIpc) is 3.31. The third-order valence-corrected chi connectivity index (χ3v) is 5.59. The van der Waals surface area contributed by atoms with E-state index in [2.05, 4.69) is 0 Å². The van der Waals surface area contributed by atoms with Crippen LogP contribution in [0, 0.1) is 16.0 Å². The quantitative estimate of drug-likeness (QED) is 0.367. The lowest BCUT2D eigenvalue weighted by molar-refractivity contribution is -0.384. The number of nitro groups is 1. The van der Waals surface area contributed by atoms with Crippen molar-refractivity contribution in [3.63, 3.8) is 0 Å². The molecule has 2 saturated heterocycles. The molecule has 154 valence electrons. The highest BCUT2D eigenvalue weighted by Gasteiger charge is 2.60. The van der Waals surface area contributed by atoms with Crippen LogP contribution in [-0.4, -0.2) is 22.8 Å². The van der Waals surface area contributed by atoms with E-state index in [1.165, 1.54) is 24.3 Å². The Balaban J connectivity index is 1.54. The number of carbonyl (C=O) groups excluding carboxylic acids is 2. The number of non-ortho nitro benzene ring substituents is 1. The molecule has 2 heterocycles. The van der Waals surface area contributed by atoms with Crippen molar-refractivity contribution in [3.05, 3.63) is 101 Å². The van der Waals surface area contributed by atoms with Gasteiger partial charge in [0.2, 0.25) is 5.91 Å². The minimum absolute atomic E-state index is 0.114. The Bertz CT molecular complexity index is 1150. The van der Waals surface area contributed by atoms with Gasteiger partial charge in [0, 0.05) is 12.1 Å². The van der Waals surface area contributed by atoms with Gasteiger partial charge in [-0.15, -0.1) is 0 Å². The molecule has 31 heavy (non-hydrogen) atoms. The monoisotopic (exact) mass is 415 g/mol. The van der Waals surface area contributed by atoms with E-state index in [1.54, 1.807) is 5.06 Å². The zero-order valence-corrected chi connectivity index (χ0v) is 16.2. The van der Waals surface area contributed by atoms with Crippen LogP contribution in [-0.2, 0) is 14.4 Å². The van der Waals surface area contributed by atoms with Crippen molar-refractivity contribution in [1.29, 1.82) is 0 Å². The van der Waals surface area contributed by atoms with Crippen molar-refractivity contribution in [2.24, 2.45) is 5.92 Å². The normalized spacial score (nSPS) is 22.6. The third kappa shape index (κ3) is 3.04. The Kier molecular flexibility index (Phi) is 4.48. The van der Waals surface area contributed by atoms with Gasteiger partial charge in [-0.05, 0) is 29.8 Å². The minimum Gasteiger partial charge on any atom is -0.273 e. The molecule has 8 nitrogen and oxygen atoms in total. The molecule has 0 saturated carbocycles. The predicted octanol–water partition coefficient (Wildman–Crippen LogP) is 3.65. The predicted molar refractivity (Wildman–Crippen MR) is 112 cm³/mol. The van der Waals surface area contributed by atoms with Gasteiger partial charge < -0.3 is 0 Å². The molecular formula is C23H17N3O5. The number of fused-ring (bicyclic) bond motifs is 1. The second-order valence-electron chi connectivity index (χ2n) is 7.35. The van der Waals surface area contributed by atoms with Crippen molar-refractivity contribution in [2.45, 2.75) is 12.1 Å². The molecule has 0 unspecified atom stereocenters. The molecule has 2 aliphatic heterocycles. The summed E-state index contributed by atoms with van der Waals surface area (Å²) in [4.78, 5) is 44.1. The highest BCUT2D eigenvalue weighted by atomic mass is 16.7. The zero-order valence-electron chi connectivity index (χ0n) is 16.2. The molecule has 0 aromatic heterocycles. The molecular weight excluding hydrogens is 398 g/mol. The van der Waals surface area contributed by atoms with Crippen LogP contribution in [0.5, 0.6) is 0 Å². The van der Waals surface area contributed by atoms with Crippen molar-refractivity contribution < 1.29 is 19.3 Å². The Morgan fingerprint density at radius 2 is 1.39 bits per heavy atom. The molecule has 3 aromatic carbocycles. The topological polar surface area (TPSA) is 93.0 Å². The Morgan fingerprint density at radius 3 is 2.00 bits per heavy atom.